The number of fused-ring (bicyclic) bond motifs is 3. The quantitative estimate of drug-likeness (QED) is 0.577. The first-order chi connectivity index (χ1) is 11.8. The lowest BCUT2D eigenvalue weighted by Gasteiger charge is -2.15. The van der Waals surface area contributed by atoms with Gasteiger partial charge in [0, 0.05) is 22.7 Å². The molecule has 0 bridgehead atoms. The van der Waals surface area contributed by atoms with Crippen LogP contribution in [0.1, 0.15) is 19.3 Å². The molecule has 1 aromatic heterocycles. The van der Waals surface area contributed by atoms with Crippen molar-refractivity contribution in [3.63, 3.8) is 0 Å². The minimum absolute atomic E-state index is 0.0516. The van der Waals surface area contributed by atoms with E-state index in [4.69, 9.17) is 4.74 Å². The smallest absolute Gasteiger partial charge is 0.256 e. The van der Waals surface area contributed by atoms with Crippen LogP contribution in [0.15, 0.2) is 47.3 Å². The van der Waals surface area contributed by atoms with Crippen molar-refractivity contribution in [2.75, 3.05) is 26.2 Å². The van der Waals surface area contributed by atoms with E-state index < -0.39 is 0 Å². The molecule has 2 aromatic carbocycles. The van der Waals surface area contributed by atoms with Crippen molar-refractivity contribution in [3.05, 3.63) is 52.8 Å². The first kappa shape index (κ1) is 15.2. The van der Waals surface area contributed by atoms with Crippen molar-refractivity contribution in [2.45, 2.75) is 19.3 Å². The summed E-state index contributed by atoms with van der Waals surface area (Å²) in [4.78, 5) is 17.7. The number of pyridine rings is 1. The van der Waals surface area contributed by atoms with Gasteiger partial charge in [0.25, 0.3) is 5.56 Å². The molecule has 0 radical (unpaired) electrons. The first-order valence-corrected chi connectivity index (χ1v) is 8.72. The summed E-state index contributed by atoms with van der Waals surface area (Å²) in [6, 6.07) is 13.6. The summed E-state index contributed by atoms with van der Waals surface area (Å²) in [6.45, 7) is 4.24. The fourth-order valence-corrected chi connectivity index (χ4v) is 3.60. The van der Waals surface area contributed by atoms with Crippen LogP contribution >= 0.6 is 0 Å². The molecule has 124 valence electrons. The fourth-order valence-electron chi connectivity index (χ4n) is 3.60. The predicted molar refractivity (Wildman–Crippen MR) is 97.9 cm³/mol. The highest BCUT2D eigenvalue weighted by Crippen LogP contribution is 2.30. The molecule has 4 nitrogen and oxygen atoms in total. The molecule has 0 atom stereocenters. The van der Waals surface area contributed by atoms with E-state index >= 15 is 0 Å². The monoisotopic (exact) mass is 322 g/mol. The van der Waals surface area contributed by atoms with Gasteiger partial charge in [-0.2, -0.15) is 0 Å². The number of likely N-dealkylation sites (tertiary alicyclic amines) is 1. The highest BCUT2D eigenvalue weighted by molar-refractivity contribution is 6.08. The van der Waals surface area contributed by atoms with Gasteiger partial charge in [-0.15, -0.1) is 0 Å². The van der Waals surface area contributed by atoms with Crippen molar-refractivity contribution in [3.8, 4) is 5.75 Å². The van der Waals surface area contributed by atoms with Crippen LogP contribution in [0.3, 0.4) is 0 Å². The lowest BCUT2D eigenvalue weighted by molar-refractivity contribution is 0.265. The molecule has 1 aliphatic rings. The SMILES string of the molecule is O=c1[nH]c2cccc(OCCCN3CCCC3)c2c2ccccc12. The van der Waals surface area contributed by atoms with Gasteiger partial charge in [0.05, 0.1) is 12.1 Å². The molecule has 0 spiro atoms. The third-order valence-corrected chi connectivity index (χ3v) is 4.79. The highest BCUT2D eigenvalue weighted by Gasteiger charge is 2.12. The zero-order valence-corrected chi connectivity index (χ0v) is 13.8. The van der Waals surface area contributed by atoms with Crippen LogP contribution in [0.5, 0.6) is 5.75 Å². The second-order valence-corrected chi connectivity index (χ2v) is 6.43. The first-order valence-electron chi connectivity index (χ1n) is 8.72. The molecular formula is C20H22N2O2. The number of benzene rings is 2. The molecule has 0 aliphatic carbocycles. The molecule has 1 fully saturated rings. The number of hydrogen-bond donors (Lipinski definition) is 1. The molecule has 4 rings (SSSR count). The second-order valence-electron chi connectivity index (χ2n) is 6.43. The summed E-state index contributed by atoms with van der Waals surface area (Å²) in [5, 5.41) is 2.65. The zero-order chi connectivity index (χ0) is 16.4. The van der Waals surface area contributed by atoms with Gasteiger partial charge in [-0.05, 0) is 50.6 Å². The van der Waals surface area contributed by atoms with Crippen molar-refractivity contribution < 1.29 is 4.74 Å². The second kappa shape index (κ2) is 6.65. The average molecular weight is 322 g/mol. The molecule has 4 heteroatoms. The van der Waals surface area contributed by atoms with Crippen molar-refractivity contribution in [2.24, 2.45) is 0 Å². The number of nitrogens with one attached hydrogen (secondary N) is 1. The Morgan fingerprint density at radius 3 is 2.62 bits per heavy atom. The Balaban J connectivity index is 1.60. The maximum absolute atomic E-state index is 12.2. The van der Waals surface area contributed by atoms with E-state index in [2.05, 4.69) is 9.88 Å². The lowest BCUT2D eigenvalue weighted by Crippen LogP contribution is -2.21. The third kappa shape index (κ3) is 2.89. The van der Waals surface area contributed by atoms with E-state index in [0.29, 0.717) is 12.0 Å². The maximum Gasteiger partial charge on any atom is 0.256 e. The van der Waals surface area contributed by atoms with Gasteiger partial charge in [0.15, 0.2) is 0 Å². The largest absolute Gasteiger partial charge is 0.493 e. The van der Waals surface area contributed by atoms with Crippen LogP contribution < -0.4 is 10.3 Å². The molecule has 2 heterocycles. The summed E-state index contributed by atoms with van der Waals surface area (Å²) in [5.41, 5.74) is 0.778. The summed E-state index contributed by atoms with van der Waals surface area (Å²) < 4.78 is 6.08. The molecule has 3 aromatic rings. The van der Waals surface area contributed by atoms with E-state index in [0.717, 1.165) is 35.0 Å². The molecular weight excluding hydrogens is 300 g/mol. The molecule has 1 aliphatic heterocycles. The number of nitrogens with zero attached hydrogens (tertiary/aromatic N) is 1. The number of ether oxygens (including phenoxy) is 1. The van der Waals surface area contributed by atoms with Crippen LogP contribution in [0, 0.1) is 0 Å². The summed E-state index contributed by atoms with van der Waals surface area (Å²) in [5.74, 6) is 0.848. The lowest BCUT2D eigenvalue weighted by atomic mass is 10.1. The predicted octanol–water partition coefficient (Wildman–Crippen LogP) is 3.55. The molecule has 0 unspecified atom stereocenters. The third-order valence-electron chi connectivity index (χ3n) is 4.79. The van der Waals surface area contributed by atoms with Crippen LogP contribution in [-0.4, -0.2) is 36.1 Å². The Kier molecular flexibility index (Phi) is 4.22. The van der Waals surface area contributed by atoms with Gasteiger partial charge in [0.1, 0.15) is 5.75 Å². The Morgan fingerprint density at radius 2 is 1.79 bits per heavy atom. The van der Waals surface area contributed by atoms with Crippen LogP contribution in [-0.2, 0) is 0 Å². The molecule has 1 saturated heterocycles. The maximum atomic E-state index is 12.2. The average Bonchev–Trinajstić information content (AvgIpc) is 3.12. The van der Waals surface area contributed by atoms with Crippen LogP contribution in [0.2, 0.25) is 0 Å². The van der Waals surface area contributed by atoms with Crippen molar-refractivity contribution >= 4 is 21.7 Å². The van der Waals surface area contributed by atoms with Crippen LogP contribution in [0.4, 0.5) is 0 Å². The fraction of sp³-hybridized carbons (Fsp3) is 0.350. The number of H-pyrrole nitrogens is 1. The zero-order valence-electron chi connectivity index (χ0n) is 13.8. The Morgan fingerprint density at radius 1 is 1.00 bits per heavy atom. The number of aromatic nitrogens is 1. The normalized spacial score (nSPS) is 15.3. The van der Waals surface area contributed by atoms with E-state index in [9.17, 15) is 4.79 Å². The molecule has 0 saturated carbocycles. The Labute approximate surface area is 141 Å². The Hall–Kier alpha value is -2.33. The van der Waals surface area contributed by atoms with Gasteiger partial charge in [0.2, 0.25) is 0 Å². The van der Waals surface area contributed by atoms with E-state index in [1.54, 1.807) is 0 Å². The number of hydrogen-bond acceptors (Lipinski definition) is 3. The molecule has 0 amide bonds. The number of aromatic amines is 1. The van der Waals surface area contributed by atoms with Crippen molar-refractivity contribution in [1.29, 1.82) is 0 Å². The van der Waals surface area contributed by atoms with E-state index in [-0.39, 0.29) is 5.56 Å². The standard InChI is InChI=1S/C20H22N2O2/c23-20-16-8-2-1-7-15(16)19-17(21-20)9-5-10-18(19)24-14-6-13-22-11-3-4-12-22/h1-2,5,7-10H,3-4,6,11-14H2,(H,21,23). The van der Waals surface area contributed by atoms with Crippen LogP contribution in [0.25, 0.3) is 21.7 Å². The van der Waals surface area contributed by atoms with E-state index in [1.165, 1.54) is 25.9 Å². The van der Waals surface area contributed by atoms with Gasteiger partial charge in [-0.1, -0.05) is 24.3 Å². The van der Waals surface area contributed by atoms with Crippen molar-refractivity contribution in [1.82, 2.24) is 9.88 Å². The minimum atomic E-state index is -0.0516. The molecule has 24 heavy (non-hydrogen) atoms. The number of rotatable bonds is 5. The Bertz CT molecular complexity index is 910. The minimum Gasteiger partial charge on any atom is -0.493 e. The van der Waals surface area contributed by atoms with Gasteiger partial charge < -0.3 is 14.6 Å². The summed E-state index contributed by atoms with van der Waals surface area (Å²) in [7, 11) is 0. The van der Waals surface area contributed by atoms with Gasteiger partial charge in [-0.3, -0.25) is 4.79 Å². The van der Waals surface area contributed by atoms with E-state index in [1.807, 2.05) is 42.5 Å². The highest BCUT2D eigenvalue weighted by atomic mass is 16.5. The van der Waals surface area contributed by atoms with Gasteiger partial charge >= 0.3 is 0 Å². The summed E-state index contributed by atoms with van der Waals surface area (Å²) in [6.07, 6.45) is 3.67. The molecule has 1 N–H and O–H groups in total. The summed E-state index contributed by atoms with van der Waals surface area (Å²) >= 11 is 0. The topological polar surface area (TPSA) is 45.3 Å². The van der Waals surface area contributed by atoms with Gasteiger partial charge in [-0.25, -0.2) is 0 Å².